The van der Waals surface area contributed by atoms with Crippen LogP contribution in [0, 0.1) is 5.82 Å². The lowest BCUT2D eigenvalue weighted by Crippen LogP contribution is -2.23. The van der Waals surface area contributed by atoms with Crippen LogP contribution >= 0.6 is 0 Å². The van der Waals surface area contributed by atoms with Crippen molar-refractivity contribution in [2.75, 3.05) is 31.7 Å². The third kappa shape index (κ3) is 5.25. The van der Waals surface area contributed by atoms with Crippen LogP contribution in [0.1, 0.15) is 27.2 Å². The number of ether oxygens (including phenoxy) is 1. The van der Waals surface area contributed by atoms with E-state index in [0.29, 0.717) is 11.4 Å². The van der Waals surface area contributed by atoms with E-state index < -0.39 is 5.82 Å². The van der Waals surface area contributed by atoms with Gasteiger partial charge in [0.25, 0.3) is 0 Å². The van der Waals surface area contributed by atoms with Crippen molar-refractivity contribution in [3.63, 3.8) is 0 Å². The summed E-state index contributed by atoms with van der Waals surface area (Å²) in [5.74, 6) is -0.195. The van der Waals surface area contributed by atoms with Crippen molar-refractivity contribution >= 4 is 11.4 Å². The Hall–Kier alpha value is -1.49. The molecule has 0 aliphatic heterocycles. The molecule has 0 bridgehead atoms. The van der Waals surface area contributed by atoms with Gasteiger partial charge >= 0.3 is 0 Å². The predicted molar refractivity (Wildman–Crippen MR) is 82.8 cm³/mol. The van der Waals surface area contributed by atoms with Gasteiger partial charge in [-0.15, -0.1) is 0 Å². The fraction of sp³-hybridized carbons (Fsp3) is 0.600. The highest BCUT2D eigenvalue weighted by atomic mass is 19.1. The van der Waals surface area contributed by atoms with E-state index in [1.807, 2.05) is 27.9 Å². The Morgan fingerprint density at radius 2 is 1.95 bits per heavy atom. The molecule has 5 heteroatoms. The van der Waals surface area contributed by atoms with Crippen LogP contribution in [0.2, 0.25) is 0 Å². The predicted octanol–water partition coefficient (Wildman–Crippen LogP) is 2.95. The van der Waals surface area contributed by atoms with Gasteiger partial charge in [-0.25, -0.2) is 4.39 Å². The molecule has 1 unspecified atom stereocenters. The first-order valence-electron chi connectivity index (χ1n) is 6.96. The molecule has 0 aliphatic carbocycles. The van der Waals surface area contributed by atoms with E-state index in [9.17, 15) is 4.39 Å². The van der Waals surface area contributed by atoms with Gasteiger partial charge in [-0.05, 0) is 47.8 Å². The summed E-state index contributed by atoms with van der Waals surface area (Å²) in [6.45, 7) is 6.78. The standard InChI is InChI=1S/C15H26FN3O/c1-10(2)20-15-9-14(13(17)8-12(15)16)18-11(3)6-7-19(4)5/h8-11,18H,6-7,17H2,1-5H3. The Kier molecular flexibility index (Phi) is 6.07. The first-order valence-corrected chi connectivity index (χ1v) is 6.96. The van der Waals surface area contributed by atoms with E-state index in [-0.39, 0.29) is 17.9 Å². The molecule has 20 heavy (non-hydrogen) atoms. The van der Waals surface area contributed by atoms with E-state index in [0.717, 1.165) is 13.0 Å². The summed E-state index contributed by atoms with van der Waals surface area (Å²) < 4.78 is 19.2. The number of anilines is 2. The molecule has 0 heterocycles. The second-order valence-electron chi connectivity index (χ2n) is 5.67. The minimum atomic E-state index is -0.428. The first-order chi connectivity index (χ1) is 9.29. The lowest BCUT2D eigenvalue weighted by molar-refractivity contribution is 0.231. The number of hydrogen-bond donors (Lipinski definition) is 2. The Labute approximate surface area is 121 Å². The highest BCUT2D eigenvalue weighted by Crippen LogP contribution is 2.29. The maximum atomic E-state index is 13.7. The van der Waals surface area contributed by atoms with Crippen LogP contribution in [0.4, 0.5) is 15.8 Å². The molecule has 1 aromatic carbocycles. The highest BCUT2D eigenvalue weighted by molar-refractivity contribution is 5.68. The molecule has 1 atom stereocenters. The van der Waals surface area contributed by atoms with Gasteiger partial charge in [-0.3, -0.25) is 0 Å². The molecule has 0 radical (unpaired) electrons. The van der Waals surface area contributed by atoms with Gasteiger partial charge in [0.2, 0.25) is 0 Å². The van der Waals surface area contributed by atoms with Gasteiger partial charge in [-0.2, -0.15) is 0 Å². The third-order valence-corrected chi connectivity index (χ3v) is 2.88. The molecule has 0 saturated heterocycles. The second kappa shape index (κ2) is 7.33. The fourth-order valence-electron chi connectivity index (χ4n) is 1.83. The number of nitrogen functional groups attached to an aromatic ring is 1. The van der Waals surface area contributed by atoms with Gasteiger partial charge in [0, 0.05) is 18.2 Å². The molecule has 0 saturated carbocycles. The number of nitrogens with two attached hydrogens (primary N) is 1. The SMILES string of the molecule is CC(CCN(C)C)Nc1cc(OC(C)C)c(F)cc1N. The molecule has 1 rings (SSSR count). The number of nitrogens with zero attached hydrogens (tertiary/aromatic N) is 1. The van der Waals surface area contributed by atoms with Crippen LogP contribution < -0.4 is 15.8 Å². The summed E-state index contributed by atoms with van der Waals surface area (Å²) >= 11 is 0. The highest BCUT2D eigenvalue weighted by Gasteiger charge is 2.12. The number of nitrogens with one attached hydrogen (secondary N) is 1. The lowest BCUT2D eigenvalue weighted by Gasteiger charge is -2.20. The van der Waals surface area contributed by atoms with E-state index in [1.54, 1.807) is 6.07 Å². The van der Waals surface area contributed by atoms with Crippen LogP contribution in [-0.2, 0) is 0 Å². The van der Waals surface area contributed by atoms with Gasteiger partial charge in [0.1, 0.15) is 0 Å². The van der Waals surface area contributed by atoms with Crippen LogP contribution in [0.3, 0.4) is 0 Å². The van der Waals surface area contributed by atoms with Crippen LogP contribution in [0.15, 0.2) is 12.1 Å². The van der Waals surface area contributed by atoms with Crippen LogP contribution in [0.5, 0.6) is 5.75 Å². The number of benzene rings is 1. The maximum absolute atomic E-state index is 13.7. The van der Waals surface area contributed by atoms with E-state index in [1.165, 1.54) is 6.07 Å². The number of halogens is 1. The monoisotopic (exact) mass is 283 g/mol. The molecule has 0 aromatic heterocycles. The van der Waals surface area contributed by atoms with Gasteiger partial charge in [0.05, 0.1) is 17.5 Å². The van der Waals surface area contributed by atoms with Gasteiger partial charge in [-0.1, -0.05) is 0 Å². The second-order valence-corrected chi connectivity index (χ2v) is 5.67. The van der Waals surface area contributed by atoms with Gasteiger partial charge in [0.15, 0.2) is 11.6 Å². The average Bonchev–Trinajstić information content (AvgIpc) is 2.32. The molecule has 0 amide bonds. The molecule has 0 fully saturated rings. The Morgan fingerprint density at radius 1 is 1.30 bits per heavy atom. The largest absolute Gasteiger partial charge is 0.488 e. The number of hydrogen-bond acceptors (Lipinski definition) is 4. The summed E-state index contributed by atoms with van der Waals surface area (Å²) in [6.07, 6.45) is 0.900. The Bertz CT molecular complexity index is 435. The molecule has 1 aromatic rings. The molecule has 0 aliphatic rings. The van der Waals surface area contributed by atoms with Crippen molar-refractivity contribution < 1.29 is 9.13 Å². The molecular weight excluding hydrogens is 257 g/mol. The molecule has 3 N–H and O–H groups in total. The molecular formula is C15H26FN3O. The third-order valence-electron chi connectivity index (χ3n) is 2.88. The minimum absolute atomic E-state index is 0.0767. The Morgan fingerprint density at radius 3 is 2.50 bits per heavy atom. The topological polar surface area (TPSA) is 50.5 Å². The fourth-order valence-corrected chi connectivity index (χ4v) is 1.83. The average molecular weight is 283 g/mol. The summed E-state index contributed by atoms with van der Waals surface area (Å²) in [7, 11) is 4.07. The van der Waals surface area contributed by atoms with Crippen molar-refractivity contribution in [1.29, 1.82) is 0 Å². The normalized spacial score (nSPS) is 12.8. The quantitative estimate of drug-likeness (QED) is 0.755. The zero-order valence-electron chi connectivity index (χ0n) is 13.0. The lowest BCUT2D eigenvalue weighted by atomic mass is 10.2. The first kappa shape index (κ1) is 16.6. The van der Waals surface area contributed by atoms with Crippen molar-refractivity contribution in [2.24, 2.45) is 0 Å². The molecule has 4 nitrogen and oxygen atoms in total. The van der Waals surface area contributed by atoms with E-state index >= 15 is 0 Å². The summed E-state index contributed by atoms with van der Waals surface area (Å²) in [5.41, 5.74) is 6.97. The molecule has 0 spiro atoms. The van der Waals surface area contributed by atoms with Crippen molar-refractivity contribution in [3.05, 3.63) is 17.9 Å². The Balaban J connectivity index is 2.78. The number of rotatable bonds is 7. The van der Waals surface area contributed by atoms with Gasteiger partial charge < -0.3 is 20.7 Å². The molecule has 114 valence electrons. The zero-order valence-corrected chi connectivity index (χ0v) is 13.0. The van der Waals surface area contributed by atoms with Crippen molar-refractivity contribution in [2.45, 2.75) is 39.3 Å². The van der Waals surface area contributed by atoms with E-state index in [4.69, 9.17) is 10.5 Å². The van der Waals surface area contributed by atoms with Crippen molar-refractivity contribution in [3.8, 4) is 5.75 Å². The van der Waals surface area contributed by atoms with Crippen LogP contribution in [-0.4, -0.2) is 37.7 Å². The summed E-state index contributed by atoms with van der Waals surface area (Å²) in [5, 5.41) is 3.31. The van der Waals surface area contributed by atoms with Crippen molar-refractivity contribution in [1.82, 2.24) is 4.90 Å². The maximum Gasteiger partial charge on any atom is 0.167 e. The summed E-state index contributed by atoms with van der Waals surface area (Å²) in [4.78, 5) is 2.12. The minimum Gasteiger partial charge on any atom is -0.488 e. The summed E-state index contributed by atoms with van der Waals surface area (Å²) in [6, 6.07) is 3.19. The smallest absolute Gasteiger partial charge is 0.167 e. The van der Waals surface area contributed by atoms with Crippen LogP contribution in [0.25, 0.3) is 0 Å². The zero-order chi connectivity index (χ0) is 15.3. The van der Waals surface area contributed by atoms with E-state index in [2.05, 4.69) is 17.1 Å².